The number of likely N-dealkylation sites (N-methyl/N-ethyl adjacent to an activating group) is 2. The first-order valence-corrected chi connectivity index (χ1v) is 12.2. The summed E-state index contributed by atoms with van der Waals surface area (Å²) in [4.78, 5) is 0. The van der Waals surface area contributed by atoms with E-state index < -0.39 is 35.6 Å². The molecule has 3 rings (SSSR count). The molecule has 2 N–H and O–H groups in total. The van der Waals surface area contributed by atoms with Crippen LogP contribution in [0.4, 0.5) is 26.3 Å². The van der Waals surface area contributed by atoms with Gasteiger partial charge in [-0.1, -0.05) is 82.1 Å². The largest absolute Gasteiger partial charge is 3.00 e. The first kappa shape index (κ1) is 39.7. The SMILES string of the molecule is CC1C(C)C(C)C(C)C1C.C[N-]C(c1cccc(C(F)(F)F)c1)[C@H]([N-]C)c1cccc(C(F)(F)F)c1.O.[CH3-].[Ir+3]. The second-order valence-corrected chi connectivity index (χ2v) is 9.95. The van der Waals surface area contributed by atoms with Gasteiger partial charge >= 0.3 is 32.5 Å². The van der Waals surface area contributed by atoms with Crippen LogP contribution in [0.3, 0.4) is 0 Å². The fourth-order valence-corrected chi connectivity index (χ4v) is 5.14. The molecule has 0 amide bonds. The zero-order chi connectivity index (χ0) is 27.4. The van der Waals surface area contributed by atoms with Crippen LogP contribution in [0.5, 0.6) is 0 Å². The number of nitrogens with zero attached hydrogens (tertiary/aromatic N) is 2. The predicted octanol–water partition coefficient (Wildman–Crippen LogP) is 9.32. The van der Waals surface area contributed by atoms with E-state index in [0.717, 1.165) is 53.9 Å². The van der Waals surface area contributed by atoms with Crippen LogP contribution < -0.4 is 0 Å². The molecule has 1 saturated carbocycles. The van der Waals surface area contributed by atoms with Crippen molar-refractivity contribution in [2.24, 2.45) is 29.6 Å². The van der Waals surface area contributed by atoms with Crippen LogP contribution in [0.2, 0.25) is 0 Å². The van der Waals surface area contributed by atoms with Gasteiger partial charge in [-0.05, 0) is 41.7 Å². The van der Waals surface area contributed by atoms with Gasteiger partial charge in [0.2, 0.25) is 0 Å². The minimum absolute atomic E-state index is 0. The first-order chi connectivity index (χ1) is 16.6. The van der Waals surface area contributed by atoms with E-state index in [0.29, 0.717) is 0 Å². The first-order valence-electron chi connectivity index (χ1n) is 12.2. The zero-order valence-electron chi connectivity index (χ0n) is 23.7. The van der Waals surface area contributed by atoms with Gasteiger partial charge in [-0.3, -0.25) is 0 Å². The molecule has 1 aliphatic carbocycles. The third kappa shape index (κ3) is 9.85. The van der Waals surface area contributed by atoms with Gasteiger partial charge in [0.05, 0.1) is 11.1 Å². The van der Waals surface area contributed by atoms with Crippen LogP contribution in [-0.2, 0) is 32.5 Å². The molecule has 2 aromatic carbocycles. The van der Waals surface area contributed by atoms with Crippen molar-refractivity contribution in [3.63, 3.8) is 0 Å². The Bertz CT molecular complexity index is 876. The number of rotatable bonds is 5. The molecule has 0 heterocycles. The summed E-state index contributed by atoms with van der Waals surface area (Å²) in [6.07, 6.45) is -9.05. The third-order valence-corrected chi connectivity index (χ3v) is 8.11. The summed E-state index contributed by atoms with van der Waals surface area (Å²) in [5, 5.41) is 8.16. The van der Waals surface area contributed by atoms with Gasteiger partial charge < -0.3 is 23.5 Å². The Labute approximate surface area is 243 Å². The molecule has 0 saturated heterocycles. The quantitative estimate of drug-likeness (QED) is 0.217. The zero-order valence-corrected chi connectivity index (χ0v) is 26.1. The minimum Gasteiger partial charge on any atom is -0.659 e. The summed E-state index contributed by atoms with van der Waals surface area (Å²) in [5.41, 5.74) is -1.23. The van der Waals surface area contributed by atoms with Crippen LogP contribution in [0.15, 0.2) is 48.5 Å². The molecule has 39 heavy (non-hydrogen) atoms. The molecular weight excluding hydrogens is 699 g/mol. The van der Waals surface area contributed by atoms with Crippen molar-refractivity contribution >= 4 is 0 Å². The Kier molecular flexibility index (Phi) is 16.4. The number of alkyl halides is 6. The maximum atomic E-state index is 12.9. The fourth-order valence-electron chi connectivity index (χ4n) is 5.14. The number of hydrogen-bond donors (Lipinski definition) is 0. The summed E-state index contributed by atoms with van der Waals surface area (Å²) in [6, 6.07) is 7.47. The maximum absolute atomic E-state index is 12.9. The molecular formula is C29H41F6IrN2O. The summed E-state index contributed by atoms with van der Waals surface area (Å²) in [6.45, 7) is 12.0. The van der Waals surface area contributed by atoms with E-state index >= 15 is 0 Å². The summed E-state index contributed by atoms with van der Waals surface area (Å²) >= 11 is 0. The van der Waals surface area contributed by atoms with Crippen LogP contribution in [0.25, 0.3) is 10.6 Å². The van der Waals surface area contributed by atoms with E-state index in [1.807, 2.05) is 0 Å². The second-order valence-electron chi connectivity index (χ2n) is 9.95. The topological polar surface area (TPSA) is 59.7 Å². The third-order valence-electron chi connectivity index (χ3n) is 8.11. The number of hydrogen-bond acceptors (Lipinski definition) is 0. The van der Waals surface area contributed by atoms with Gasteiger partial charge in [0.25, 0.3) is 0 Å². The van der Waals surface area contributed by atoms with E-state index in [2.05, 4.69) is 45.3 Å². The van der Waals surface area contributed by atoms with Crippen LogP contribution in [0, 0.1) is 37.0 Å². The minimum atomic E-state index is -4.52. The Morgan fingerprint density at radius 1 is 0.590 bits per heavy atom. The molecule has 0 bridgehead atoms. The van der Waals surface area contributed by atoms with Crippen molar-refractivity contribution < 1.29 is 51.9 Å². The van der Waals surface area contributed by atoms with Crippen molar-refractivity contribution in [1.29, 1.82) is 0 Å². The van der Waals surface area contributed by atoms with Crippen LogP contribution >= 0.6 is 0 Å². The van der Waals surface area contributed by atoms with Crippen molar-refractivity contribution in [2.75, 3.05) is 14.1 Å². The molecule has 0 radical (unpaired) electrons. The average molecular weight is 740 g/mol. The Morgan fingerprint density at radius 2 is 0.846 bits per heavy atom. The Morgan fingerprint density at radius 3 is 1.05 bits per heavy atom. The van der Waals surface area contributed by atoms with Gasteiger partial charge in [0.15, 0.2) is 0 Å². The van der Waals surface area contributed by atoms with Crippen molar-refractivity contribution in [1.82, 2.24) is 0 Å². The van der Waals surface area contributed by atoms with E-state index in [1.54, 1.807) is 0 Å². The van der Waals surface area contributed by atoms with E-state index in [9.17, 15) is 26.3 Å². The molecule has 3 nitrogen and oxygen atoms in total. The maximum Gasteiger partial charge on any atom is 3.00 e. The molecule has 2 aromatic rings. The second kappa shape index (κ2) is 16.1. The van der Waals surface area contributed by atoms with Crippen LogP contribution in [0.1, 0.15) is 69.0 Å². The monoisotopic (exact) mass is 740 g/mol. The average Bonchev–Trinajstić information content (AvgIpc) is 2.99. The smallest absolute Gasteiger partial charge is 0.659 e. The van der Waals surface area contributed by atoms with Gasteiger partial charge in [-0.25, -0.2) is 0 Å². The fraction of sp³-hybridized carbons (Fsp3) is 0.552. The van der Waals surface area contributed by atoms with Crippen molar-refractivity contribution in [2.45, 2.75) is 59.1 Å². The van der Waals surface area contributed by atoms with E-state index in [-0.39, 0.29) is 44.1 Å². The normalized spacial score (nSPS) is 24.2. The van der Waals surface area contributed by atoms with E-state index in [1.165, 1.54) is 38.4 Å². The van der Waals surface area contributed by atoms with Crippen LogP contribution in [-0.4, -0.2) is 19.6 Å². The molecule has 1 unspecified atom stereocenters. The summed E-state index contributed by atoms with van der Waals surface area (Å²) < 4.78 is 77.7. The van der Waals surface area contributed by atoms with Crippen molar-refractivity contribution in [3.8, 4) is 0 Å². The Balaban J connectivity index is 0. The molecule has 0 aromatic heterocycles. The van der Waals surface area contributed by atoms with Gasteiger partial charge in [0, 0.05) is 0 Å². The number of halogens is 6. The molecule has 2 atom stereocenters. The molecule has 224 valence electrons. The van der Waals surface area contributed by atoms with Gasteiger partial charge in [-0.15, -0.1) is 12.1 Å². The Hall–Kier alpha value is -1.45. The summed E-state index contributed by atoms with van der Waals surface area (Å²) in [7, 11) is 2.80. The predicted molar refractivity (Wildman–Crippen MR) is 143 cm³/mol. The van der Waals surface area contributed by atoms with Gasteiger partial charge in [0.1, 0.15) is 0 Å². The van der Waals surface area contributed by atoms with E-state index in [4.69, 9.17) is 0 Å². The molecule has 1 aliphatic rings. The summed E-state index contributed by atoms with van der Waals surface area (Å²) in [5.74, 6) is 4.68. The molecule has 0 aliphatic heterocycles. The number of benzene rings is 2. The van der Waals surface area contributed by atoms with Crippen molar-refractivity contribution in [3.05, 3.63) is 88.8 Å². The standard InChI is InChI=1S/C18H16F6N2.C10H20.CH3.Ir.H2O/c1-25-15(11-5-3-7-13(9-11)17(19,20)21)16(26-2)12-6-4-8-14(10-12)18(22,23)24;1-6-7(2)9(4)10(5)8(6)3;;;/h3-10,15-16H,1-2H3;6-10H,1-5H3;1H3;;1H2/q-2;;-1;+3;/t15-,16?;;;;/m1..../s1. The molecule has 10 heteroatoms. The van der Waals surface area contributed by atoms with Gasteiger partial charge in [-0.2, -0.15) is 40.4 Å². The molecule has 1 fully saturated rings. The molecule has 0 spiro atoms.